The summed E-state index contributed by atoms with van der Waals surface area (Å²) in [6.45, 7) is 2.55. The van der Waals surface area contributed by atoms with Gasteiger partial charge in [-0.25, -0.2) is 0 Å². The molecule has 2 aliphatic rings. The van der Waals surface area contributed by atoms with Crippen molar-refractivity contribution >= 4 is 5.91 Å². The van der Waals surface area contributed by atoms with E-state index >= 15 is 0 Å². The second-order valence-corrected chi connectivity index (χ2v) is 5.52. The molecule has 102 valence electrons. The van der Waals surface area contributed by atoms with E-state index in [0.29, 0.717) is 17.5 Å². The number of aliphatic hydroxyl groups is 1. The van der Waals surface area contributed by atoms with Gasteiger partial charge in [-0.2, -0.15) is 0 Å². The Morgan fingerprint density at radius 3 is 2.84 bits per heavy atom. The van der Waals surface area contributed by atoms with Crippen LogP contribution < -0.4 is 5.32 Å². The molecule has 0 saturated carbocycles. The third-order valence-electron chi connectivity index (χ3n) is 4.26. The van der Waals surface area contributed by atoms with Crippen molar-refractivity contribution in [3.05, 3.63) is 35.9 Å². The Morgan fingerprint density at radius 1 is 1.32 bits per heavy atom. The minimum atomic E-state index is -1.03. The number of piperidine rings is 1. The SMILES string of the molecule is O=C(C(O)c1ccccc1)N1C[C@@H]2CCCN[C@@H]2C1. The monoisotopic (exact) mass is 260 g/mol. The van der Waals surface area contributed by atoms with Crippen LogP contribution in [0, 0.1) is 5.92 Å². The molecule has 0 radical (unpaired) electrons. The van der Waals surface area contributed by atoms with E-state index in [2.05, 4.69) is 5.32 Å². The summed E-state index contributed by atoms with van der Waals surface area (Å²) in [5.41, 5.74) is 0.676. The van der Waals surface area contributed by atoms with Crippen molar-refractivity contribution in [3.63, 3.8) is 0 Å². The highest BCUT2D eigenvalue weighted by Crippen LogP contribution is 2.27. The van der Waals surface area contributed by atoms with Gasteiger partial charge in [0.1, 0.15) is 0 Å². The van der Waals surface area contributed by atoms with Crippen molar-refractivity contribution in [2.45, 2.75) is 25.0 Å². The van der Waals surface area contributed by atoms with E-state index in [9.17, 15) is 9.90 Å². The minimum absolute atomic E-state index is 0.164. The predicted molar refractivity (Wildman–Crippen MR) is 72.5 cm³/mol. The van der Waals surface area contributed by atoms with E-state index in [0.717, 1.165) is 19.6 Å². The van der Waals surface area contributed by atoms with Crippen LogP contribution in [0.15, 0.2) is 30.3 Å². The number of nitrogens with zero attached hydrogens (tertiary/aromatic N) is 1. The lowest BCUT2D eigenvalue weighted by molar-refractivity contribution is -0.139. The molecule has 2 N–H and O–H groups in total. The minimum Gasteiger partial charge on any atom is -0.378 e. The van der Waals surface area contributed by atoms with Gasteiger partial charge in [0.05, 0.1) is 0 Å². The molecule has 1 aromatic carbocycles. The molecular weight excluding hydrogens is 240 g/mol. The summed E-state index contributed by atoms with van der Waals surface area (Å²) < 4.78 is 0. The first-order chi connectivity index (χ1) is 9.25. The molecule has 0 aromatic heterocycles. The predicted octanol–water partition coefficient (Wildman–Crippen LogP) is 0.930. The van der Waals surface area contributed by atoms with Gasteiger partial charge in [0.15, 0.2) is 6.10 Å². The molecule has 4 heteroatoms. The average Bonchev–Trinajstić information content (AvgIpc) is 2.90. The largest absolute Gasteiger partial charge is 0.378 e. The molecule has 2 heterocycles. The van der Waals surface area contributed by atoms with Gasteiger partial charge in [-0.05, 0) is 30.9 Å². The fraction of sp³-hybridized carbons (Fsp3) is 0.533. The first-order valence-corrected chi connectivity index (χ1v) is 7.01. The van der Waals surface area contributed by atoms with E-state index in [1.807, 2.05) is 23.1 Å². The second kappa shape index (κ2) is 5.31. The fourth-order valence-electron chi connectivity index (χ4n) is 3.18. The van der Waals surface area contributed by atoms with Crippen molar-refractivity contribution in [2.75, 3.05) is 19.6 Å². The van der Waals surface area contributed by atoms with E-state index in [1.165, 1.54) is 12.8 Å². The number of rotatable bonds is 2. The maximum Gasteiger partial charge on any atom is 0.256 e. The summed E-state index contributed by atoms with van der Waals surface area (Å²) in [5, 5.41) is 13.6. The Morgan fingerprint density at radius 2 is 2.11 bits per heavy atom. The smallest absolute Gasteiger partial charge is 0.256 e. The van der Waals surface area contributed by atoms with Gasteiger partial charge in [-0.1, -0.05) is 30.3 Å². The third kappa shape index (κ3) is 2.51. The quantitative estimate of drug-likeness (QED) is 0.832. The lowest BCUT2D eigenvalue weighted by Gasteiger charge is -2.24. The molecule has 1 amide bonds. The van der Waals surface area contributed by atoms with Crippen LogP contribution in [0.1, 0.15) is 24.5 Å². The molecule has 1 unspecified atom stereocenters. The number of aliphatic hydroxyl groups excluding tert-OH is 1. The summed E-state index contributed by atoms with van der Waals surface area (Å²) >= 11 is 0. The van der Waals surface area contributed by atoms with Crippen molar-refractivity contribution in [1.29, 1.82) is 0 Å². The van der Waals surface area contributed by atoms with Crippen LogP contribution in [0.25, 0.3) is 0 Å². The number of amides is 1. The summed E-state index contributed by atoms with van der Waals surface area (Å²) in [7, 11) is 0. The Kier molecular flexibility index (Phi) is 3.53. The van der Waals surface area contributed by atoms with Gasteiger partial charge >= 0.3 is 0 Å². The van der Waals surface area contributed by atoms with Crippen LogP contribution in [0.4, 0.5) is 0 Å². The molecule has 3 atom stereocenters. The lowest BCUT2D eigenvalue weighted by Crippen LogP contribution is -2.41. The Bertz CT molecular complexity index is 435. The Hall–Kier alpha value is -1.39. The number of hydrogen-bond donors (Lipinski definition) is 2. The van der Waals surface area contributed by atoms with E-state index < -0.39 is 6.10 Å². The van der Waals surface area contributed by atoms with Gasteiger partial charge in [0.25, 0.3) is 5.91 Å². The van der Waals surface area contributed by atoms with Crippen LogP contribution in [0.5, 0.6) is 0 Å². The summed E-state index contributed by atoms with van der Waals surface area (Å²) in [5.74, 6) is 0.392. The highest BCUT2D eigenvalue weighted by Gasteiger charge is 2.38. The molecular formula is C15H20N2O2. The summed E-state index contributed by atoms with van der Waals surface area (Å²) in [4.78, 5) is 14.1. The summed E-state index contributed by atoms with van der Waals surface area (Å²) in [6, 6.07) is 9.58. The number of carbonyl (C=O) groups is 1. The zero-order valence-corrected chi connectivity index (χ0v) is 11.0. The Labute approximate surface area is 113 Å². The summed E-state index contributed by atoms with van der Waals surface area (Å²) in [6.07, 6.45) is 1.34. The first kappa shape index (κ1) is 12.6. The molecule has 2 saturated heterocycles. The number of likely N-dealkylation sites (tertiary alicyclic amines) is 1. The zero-order valence-electron chi connectivity index (χ0n) is 11.0. The fourth-order valence-corrected chi connectivity index (χ4v) is 3.18. The van der Waals surface area contributed by atoms with E-state index in [1.54, 1.807) is 12.1 Å². The van der Waals surface area contributed by atoms with Gasteiger partial charge < -0.3 is 15.3 Å². The molecule has 19 heavy (non-hydrogen) atoms. The average molecular weight is 260 g/mol. The van der Waals surface area contributed by atoms with Crippen molar-refractivity contribution in [1.82, 2.24) is 10.2 Å². The highest BCUT2D eigenvalue weighted by molar-refractivity contribution is 5.82. The van der Waals surface area contributed by atoms with Crippen LogP contribution in [-0.4, -0.2) is 41.6 Å². The van der Waals surface area contributed by atoms with Gasteiger partial charge in [-0.3, -0.25) is 4.79 Å². The van der Waals surface area contributed by atoms with Gasteiger partial charge in [0, 0.05) is 19.1 Å². The number of hydrogen-bond acceptors (Lipinski definition) is 3. The number of benzene rings is 1. The molecule has 2 aliphatic heterocycles. The lowest BCUT2D eigenvalue weighted by atomic mass is 9.94. The first-order valence-electron chi connectivity index (χ1n) is 7.01. The number of nitrogens with one attached hydrogen (secondary N) is 1. The number of carbonyl (C=O) groups excluding carboxylic acids is 1. The maximum atomic E-state index is 12.3. The van der Waals surface area contributed by atoms with Gasteiger partial charge in [0.2, 0.25) is 0 Å². The molecule has 1 aromatic rings. The molecule has 0 aliphatic carbocycles. The topological polar surface area (TPSA) is 52.6 Å². The number of fused-ring (bicyclic) bond motifs is 1. The van der Waals surface area contributed by atoms with Gasteiger partial charge in [-0.15, -0.1) is 0 Å². The molecule has 4 nitrogen and oxygen atoms in total. The van der Waals surface area contributed by atoms with Crippen LogP contribution >= 0.6 is 0 Å². The van der Waals surface area contributed by atoms with Crippen LogP contribution in [0.2, 0.25) is 0 Å². The zero-order chi connectivity index (χ0) is 13.2. The molecule has 2 fully saturated rings. The molecule has 0 bridgehead atoms. The standard InChI is InChI=1S/C15H20N2O2/c18-14(11-5-2-1-3-6-11)15(19)17-9-12-7-4-8-16-13(12)10-17/h1-3,5-6,12-14,16,18H,4,7-10H2/t12-,13+,14?/m0/s1. The van der Waals surface area contributed by atoms with E-state index in [4.69, 9.17) is 0 Å². The highest BCUT2D eigenvalue weighted by atomic mass is 16.3. The Balaban J connectivity index is 1.68. The van der Waals surface area contributed by atoms with Crippen molar-refractivity contribution in [2.24, 2.45) is 5.92 Å². The van der Waals surface area contributed by atoms with Crippen LogP contribution in [-0.2, 0) is 4.79 Å². The maximum absolute atomic E-state index is 12.3. The third-order valence-corrected chi connectivity index (χ3v) is 4.26. The van der Waals surface area contributed by atoms with Crippen LogP contribution in [0.3, 0.4) is 0 Å². The normalized spacial score (nSPS) is 27.9. The van der Waals surface area contributed by atoms with E-state index in [-0.39, 0.29) is 5.91 Å². The van der Waals surface area contributed by atoms with Crippen molar-refractivity contribution in [3.8, 4) is 0 Å². The molecule has 3 rings (SSSR count). The van der Waals surface area contributed by atoms with Crippen molar-refractivity contribution < 1.29 is 9.90 Å². The molecule has 0 spiro atoms. The second-order valence-electron chi connectivity index (χ2n) is 5.52.